The van der Waals surface area contributed by atoms with Crippen LogP contribution in [0.15, 0.2) is 34.8 Å². The average molecular weight is 354 g/mol. The average Bonchev–Trinajstić information content (AvgIpc) is 2.36. The number of aryl methyl sites for hydroxylation is 3. The standard InChI is InChI=1S/C16H14BrClO2/c1-9-4-5-12(6-10(9)2)16(19)20-15-11(3)7-13(17)8-14(15)18/h4-8H,1-3H3. The third kappa shape index (κ3) is 3.22. The maximum atomic E-state index is 12.2. The van der Waals surface area contributed by atoms with E-state index in [2.05, 4.69) is 15.9 Å². The molecule has 0 aliphatic heterocycles. The van der Waals surface area contributed by atoms with Gasteiger partial charge in [0.1, 0.15) is 0 Å². The van der Waals surface area contributed by atoms with Crippen molar-refractivity contribution in [3.05, 3.63) is 62.1 Å². The highest BCUT2D eigenvalue weighted by Gasteiger charge is 2.14. The number of ether oxygens (including phenoxy) is 1. The largest absolute Gasteiger partial charge is 0.421 e. The molecule has 0 fully saturated rings. The molecule has 4 heteroatoms. The van der Waals surface area contributed by atoms with Gasteiger partial charge in [0.25, 0.3) is 0 Å². The minimum absolute atomic E-state index is 0.401. The zero-order valence-corrected chi connectivity index (χ0v) is 13.8. The summed E-state index contributed by atoms with van der Waals surface area (Å²) in [4.78, 5) is 12.2. The fourth-order valence-electron chi connectivity index (χ4n) is 1.84. The fourth-order valence-corrected chi connectivity index (χ4v) is 2.85. The smallest absolute Gasteiger partial charge is 0.343 e. The summed E-state index contributed by atoms with van der Waals surface area (Å²) in [6.45, 7) is 5.81. The summed E-state index contributed by atoms with van der Waals surface area (Å²) < 4.78 is 6.27. The van der Waals surface area contributed by atoms with E-state index in [1.165, 1.54) is 0 Å². The van der Waals surface area contributed by atoms with Gasteiger partial charge in [0.05, 0.1) is 10.6 Å². The lowest BCUT2D eigenvalue weighted by Gasteiger charge is -2.10. The third-order valence-corrected chi connectivity index (χ3v) is 3.87. The first-order valence-corrected chi connectivity index (χ1v) is 7.30. The summed E-state index contributed by atoms with van der Waals surface area (Å²) in [7, 11) is 0. The molecule has 0 saturated heterocycles. The molecule has 2 rings (SSSR count). The molecular formula is C16H14BrClO2. The van der Waals surface area contributed by atoms with Gasteiger partial charge in [-0.1, -0.05) is 33.6 Å². The molecule has 0 spiro atoms. The molecule has 0 atom stereocenters. The first-order chi connectivity index (χ1) is 9.38. The molecule has 0 unspecified atom stereocenters. The molecule has 0 N–H and O–H groups in total. The molecule has 0 aliphatic rings. The number of hydrogen-bond donors (Lipinski definition) is 0. The second kappa shape index (κ2) is 5.98. The van der Waals surface area contributed by atoms with Crippen molar-refractivity contribution >= 4 is 33.5 Å². The Balaban J connectivity index is 2.30. The van der Waals surface area contributed by atoms with Gasteiger partial charge in [-0.15, -0.1) is 0 Å². The molecule has 0 aliphatic carbocycles. The number of carbonyl (C=O) groups excluding carboxylic acids is 1. The van der Waals surface area contributed by atoms with Gasteiger partial charge >= 0.3 is 5.97 Å². The second-order valence-electron chi connectivity index (χ2n) is 4.72. The molecule has 0 heterocycles. The van der Waals surface area contributed by atoms with Crippen molar-refractivity contribution in [3.8, 4) is 5.75 Å². The van der Waals surface area contributed by atoms with Crippen LogP contribution in [0.1, 0.15) is 27.0 Å². The summed E-state index contributed by atoms with van der Waals surface area (Å²) in [5.74, 6) is -0.00137. The Labute approximate surface area is 131 Å². The van der Waals surface area contributed by atoms with Crippen molar-refractivity contribution in [1.82, 2.24) is 0 Å². The topological polar surface area (TPSA) is 26.3 Å². The number of esters is 1. The molecule has 0 radical (unpaired) electrons. The Morgan fingerprint density at radius 2 is 1.75 bits per heavy atom. The van der Waals surface area contributed by atoms with Gasteiger partial charge in [0, 0.05) is 4.47 Å². The zero-order chi connectivity index (χ0) is 14.9. The minimum atomic E-state index is -0.402. The quantitative estimate of drug-likeness (QED) is 0.544. The van der Waals surface area contributed by atoms with E-state index in [0.29, 0.717) is 16.3 Å². The molecule has 0 amide bonds. The van der Waals surface area contributed by atoms with Crippen molar-refractivity contribution < 1.29 is 9.53 Å². The molecule has 0 aromatic heterocycles. The Kier molecular flexibility index (Phi) is 4.51. The molecular weight excluding hydrogens is 340 g/mol. The first kappa shape index (κ1) is 15.1. The summed E-state index contributed by atoms with van der Waals surface area (Å²) in [6.07, 6.45) is 0. The fraction of sp³-hybridized carbons (Fsp3) is 0.188. The van der Waals surface area contributed by atoms with E-state index in [-0.39, 0.29) is 0 Å². The van der Waals surface area contributed by atoms with Crippen LogP contribution in [-0.2, 0) is 0 Å². The van der Waals surface area contributed by atoms with Crippen LogP contribution >= 0.6 is 27.5 Å². The van der Waals surface area contributed by atoms with Gasteiger partial charge in [0.15, 0.2) is 5.75 Å². The van der Waals surface area contributed by atoms with Crippen LogP contribution in [0.25, 0.3) is 0 Å². The van der Waals surface area contributed by atoms with Gasteiger partial charge in [-0.05, 0) is 61.7 Å². The molecule has 2 aromatic carbocycles. The number of rotatable bonds is 2. The van der Waals surface area contributed by atoms with Crippen LogP contribution in [-0.4, -0.2) is 5.97 Å². The summed E-state index contributed by atoms with van der Waals surface area (Å²) >= 11 is 9.47. The highest BCUT2D eigenvalue weighted by atomic mass is 79.9. The predicted octanol–water partition coefficient (Wildman–Crippen LogP) is 5.25. The van der Waals surface area contributed by atoms with Gasteiger partial charge in [-0.25, -0.2) is 4.79 Å². The van der Waals surface area contributed by atoms with Gasteiger partial charge in [0.2, 0.25) is 0 Å². The second-order valence-corrected chi connectivity index (χ2v) is 6.05. The van der Waals surface area contributed by atoms with E-state index in [0.717, 1.165) is 21.2 Å². The number of hydrogen-bond acceptors (Lipinski definition) is 2. The van der Waals surface area contributed by atoms with Crippen LogP contribution < -0.4 is 4.74 Å². The third-order valence-electron chi connectivity index (χ3n) is 3.13. The van der Waals surface area contributed by atoms with Gasteiger partial charge in [-0.2, -0.15) is 0 Å². The van der Waals surface area contributed by atoms with Crippen molar-refractivity contribution in [2.75, 3.05) is 0 Å². The molecule has 2 nitrogen and oxygen atoms in total. The molecule has 2 aromatic rings. The van der Waals surface area contributed by atoms with Crippen LogP contribution in [0, 0.1) is 20.8 Å². The SMILES string of the molecule is Cc1ccc(C(=O)Oc2c(C)cc(Br)cc2Cl)cc1C. The monoisotopic (exact) mass is 352 g/mol. The van der Waals surface area contributed by atoms with Crippen LogP contribution in [0.2, 0.25) is 5.02 Å². The van der Waals surface area contributed by atoms with E-state index < -0.39 is 5.97 Å². The van der Waals surface area contributed by atoms with Crippen LogP contribution in [0.3, 0.4) is 0 Å². The predicted molar refractivity (Wildman–Crippen MR) is 84.8 cm³/mol. The lowest BCUT2D eigenvalue weighted by Crippen LogP contribution is -2.10. The summed E-state index contributed by atoms with van der Waals surface area (Å²) in [5.41, 5.74) is 3.52. The summed E-state index contributed by atoms with van der Waals surface area (Å²) in [6, 6.07) is 9.04. The summed E-state index contributed by atoms with van der Waals surface area (Å²) in [5, 5.41) is 0.411. The Morgan fingerprint density at radius 1 is 1.05 bits per heavy atom. The lowest BCUT2D eigenvalue weighted by molar-refractivity contribution is 0.0733. The van der Waals surface area contributed by atoms with Crippen molar-refractivity contribution in [3.63, 3.8) is 0 Å². The number of benzene rings is 2. The molecule has 0 saturated carbocycles. The lowest BCUT2D eigenvalue weighted by atomic mass is 10.1. The van der Waals surface area contributed by atoms with Crippen molar-refractivity contribution in [1.29, 1.82) is 0 Å². The van der Waals surface area contributed by atoms with E-state index >= 15 is 0 Å². The Hall–Kier alpha value is -1.32. The first-order valence-electron chi connectivity index (χ1n) is 6.13. The Morgan fingerprint density at radius 3 is 2.35 bits per heavy atom. The van der Waals surface area contributed by atoms with Gasteiger partial charge in [-0.3, -0.25) is 0 Å². The Bertz CT molecular complexity index is 657. The van der Waals surface area contributed by atoms with Crippen LogP contribution in [0.4, 0.5) is 0 Å². The highest BCUT2D eigenvalue weighted by molar-refractivity contribution is 9.10. The molecule has 104 valence electrons. The normalized spacial score (nSPS) is 10.4. The van der Waals surface area contributed by atoms with E-state index in [9.17, 15) is 4.79 Å². The maximum absolute atomic E-state index is 12.2. The van der Waals surface area contributed by atoms with E-state index in [1.54, 1.807) is 12.1 Å². The van der Waals surface area contributed by atoms with E-state index in [4.69, 9.17) is 16.3 Å². The molecule has 20 heavy (non-hydrogen) atoms. The highest BCUT2D eigenvalue weighted by Crippen LogP contribution is 2.32. The number of halogens is 2. The zero-order valence-electron chi connectivity index (χ0n) is 11.5. The van der Waals surface area contributed by atoms with E-state index in [1.807, 2.05) is 39.0 Å². The van der Waals surface area contributed by atoms with Gasteiger partial charge < -0.3 is 4.74 Å². The molecule has 0 bridgehead atoms. The maximum Gasteiger partial charge on any atom is 0.343 e. The van der Waals surface area contributed by atoms with Crippen molar-refractivity contribution in [2.24, 2.45) is 0 Å². The number of carbonyl (C=O) groups is 1. The van der Waals surface area contributed by atoms with Crippen molar-refractivity contribution in [2.45, 2.75) is 20.8 Å². The minimum Gasteiger partial charge on any atom is -0.421 e. The van der Waals surface area contributed by atoms with Crippen LogP contribution in [0.5, 0.6) is 5.75 Å².